The minimum Gasteiger partial charge on any atom is -0.419 e. The predicted molar refractivity (Wildman–Crippen MR) is 71.0 cm³/mol. The molecular formula is C13H14N4O3. The molecule has 0 atom stereocenters. The van der Waals surface area contributed by atoms with Crippen molar-refractivity contribution in [3.05, 3.63) is 39.8 Å². The van der Waals surface area contributed by atoms with E-state index >= 15 is 0 Å². The van der Waals surface area contributed by atoms with Gasteiger partial charge in [0, 0.05) is 23.7 Å². The van der Waals surface area contributed by atoms with Crippen molar-refractivity contribution < 1.29 is 9.34 Å². The molecule has 1 aromatic heterocycles. The summed E-state index contributed by atoms with van der Waals surface area (Å²) in [5.74, 6) is 0.926. The Morgan fingerprint density at radius 3 is 2.90 bits per heavy atom. The highest BCUT2D eigenvalue weighted by Gasteiger charge is 2.21. The summed E-state index contributed by atoms with van der Waals surface area (Å²) in [6, 6.07) is 5.15. The van der Waals surface area contributed by atoms with Crippen LogP contribution < -0.4 is 5.32 Å². The van der Waals surface area contributed by atoms with E-state index in [1.54, 1.807) is 13.0 Å². The Morgan fingerprint density at radius 1 is 1.45 bits per heavy atom. The molecule has 7 heteroatoms. The first kappa shape index (κ1) is 12.7. The first-order valence-corrected chi connectivity index (χ1v) is 6.44. The second kappa shape index (κ2) is 5.01. The number of non-ortho nitro benzene ring substituents is 1. The molecule has 20 heavy (non-hydrogen) atoms. The van der Waals surface area contributed by atoms with Gasteiger partial charge in [0.1, 0.15) is 0 Å². The second-order valence-electron chi connectivity index (χ2n) is 4.91. The Hall–Kier alpha value is -2.28. The molecule has 104 valence electrons. The maximum absolute atomic E-state index is 10.7. The fraction of sp³-hybridized carbons (Fsp3) is 0.385. The summed E-state index contributed by atoms with van der Waals surface area (Å²) in [6.45, 7) is 2.35. The van der Waals surface area contributed by atoms with Crippen molar-refractivity contribution in [3.63, 3.8) is 0 Å². The molecule has 0 bridgehead atoms. The lowest BCUT2D eigenvalue weighted by Crippen LogP contribution is -2.15. The maximum atomic E-state index is 10.7. The fourth-order valence-corrected chi connectivity index (χ4v) is 1.95. The van der Waals surface area contributed by atoms with Gasteiger partial charge in [0.15, 0.2) is 0 Å². The molecule has 1 aliphatic carbocycles. The molecule has 0 spiro atoms. The van der Waals surface area contributed by atoms with Crippen LogP contribution in [-0.4, -0.2) is 21.2 Å². The highest BCUT2D eigenvalue weighted by atomic mass is 16.6. The number of nitro benzene ring substituents is 1. The van der Waals surface area contributed by atoms with E-state index in [0.717, 1.165) is 11.1 Å². The molecule has 1 heterocycles. The van der Waals surface area contributed by atoms with Gasteiger partial charge in [-0.15, -0.1) is 10.2 Å². The van der Waals surface area contributed by atoms with E-state index in [0.29, 0.717) is 24.4 Å². The van der Waals surface area contributed by atoms with Crippen LogP contribution in [0.4, 0.5) is 5.69 Å². The average molecular weight is 274 g/mol. The molecule has 1 aliphatic rings. The Labute approximate surface area is 115 Å². The van der Waals surface area contributed by atoms with Crippen LogP contribution in [0.25, 0.3) is 11.5 Å². The van der Waals surface area contributed by atoms with Gasteiger partial charge in [-0.05, 0) is 31.4 Å². The van der Waals surface area contributed by atoms with E-state index in [2.05, 4.69) is 15.5 Å². The summed E-state index contributed by atoms with van der Waals surface area (Å²) in [6.07, 6.45) is 2.39. The summed E-state index contributed by atoms with van der Waals surface area (Å²) >= 11 is 0. The van der Waals surface area contributed by atoms with E-state index in [1.165, 1.54) is 25.0 Å². The SMILES string of the molecule is Cc1cc([N+](=O)[O-])ccc1-c1nnc(CNC2CC2)o1. The van der Waals surface area contributed by atoms with Crippen LogP contribution in [0.1, 0.15) is 24.3 Å². The lowest BCUT2D eigenvalue weighted by Gasteiger charge is -2.00. The van der Waals surface area contributed by atoms with Crippen LogP contribution in [-0.2, 0) is 6.54 Å². The Balaban J connectivity index is 1.79. The van der Waals surface area contributed by atoms with Gasteiger partial charge in [-0.3, -0.25) is 10.1 Å². The van der Waals surface area contributed by atoms with E-state index in [4.69, 9.17) is 4.42 Å². The first-order valence-electron chi connectivity index (χ1n) is 6.44. The molecule has 2 aromatic rings. The van der Waals surface area contributed by atoms with E-state index in [9.17, 15) is 10.1 Å². The lowest BCUT2D eigenvalue weighted by molar-refractivity contribution is -0.384. The summed E-state index contributed by atoms with van der Waals surface area (Å²) < 4.78 is 5.57. The molecule has 1 aromatic carbocycles. The zero-order chi connectivity index (χ0) is 14.1. The van der Waals surface area contributed by atoms with Crippen LogP contribution in [0.15, 0.2) is 22.6 Å². The normalized spacial score (nSPS) is 14.4. The van der Waals surface area contributed by atoms with Gasteiger partial charge in [-0.2, -0.15) is 0 Å². The smallest absolute Gasteiger partial charge is 0.269 e. The predicted octanol–water partition coefficient (Wildman–Crippen LogP) is 2.21. The minimum atomic E-state index is -0.421. The van der Waals surface area contributed by atoms with E-state index in [1.807, 2.05) is 0 Å². The van der Waals surface area contributed by atoms with Gasteiger partial charge in [-0.1, -0.05) is 0 Å². The standard InChI is InChI=1S/C13H14N4O3/c1-8-6-10(17(18)19)4-5-11(8)13-16-15-12(20-13)7-14-9-2-3-9/h4-6,9,14H,2-3,7H2,1H3. The Kier molecular flexibility index (Phi) is 3.19. The number of rotatable bonds is 5. The third-order valence-corrected chi connectivity index (χ3v) is 3.24. The van der Waals surface area contributed by atoms with Crippen LogP contribution >= 0.6 is 0 Å². The molecule has 0 radical (unpaired) electrons. The lowest BCUT2D eigenvalue weighted by atomic mass is 10.1. The number of hydrogen-bond acceptors (Lipinski definition) is 6. The molecule has 3 rings (SSSR count). The summed E-state index contributed by atoms with van der Waals surface area (Å²) in [5.41, 5.74) is 1.52. The van der Waals surface area contributed by atoms with Crippen LogP contribution in [0.5, 0.6) is 0 Å². The van der Waals surface area contributed by atoms with E-state index < -0.39 is 4.92 Å². The zero-order valence-electron chi connectivity index (χ0n) is 11.0. The van der Waals surface area contributed by atoms with Crippen molar-refractivity contribution in [3.8, 4) is 11.5 Å². The van der Waals surface area contributed by atoms with Crippen molar-refractivity contribution >= 4 is 5.69 Å². The molecule has 0 aliphatic heterocycles. The molecule has 0 unspecified atom stereocenters. The van der Waals surface area contributed by atoms with Crippen LogP contribution in [0.2, 0.25) is 0 Å². The Bertz CT molecular complexity index is 649. The minimum absolute atomic E-state index is 0.0568. The maximum Gasteiger partial charge on any atom is 0.269 e. The average Bonchev–Trinajstić information content (AvgIpc) is 3.14. The summed E-state index contributed by atoms with van der Waals surface area (Å²) in [5, 5.41) is 22.0. The van der Waals surface area contributed by atoms with Gasteiger partial charge in [-0.25, -0.2) is 0 Å². The third kappa shape index (κ3) is 2.67. The summed E-state index contributed by atoms with van der Waals surface area (Å²) in [4.78, 5) is 10.3. The number of aromatic nitrogens is 2. The molecule has 0 amide bonds. The number of hydrogen-bond donors (Lipinski definition) is 1. The van der Waals surface area contributed by atoms with Gasteiger partial charge in [0.05, 0.1) is 11.5 Å². The van der Waals surface area contributed by atoms with Gasteiger partial charge >= 0.3 is 0 Å². The topological polar surface area (TPSA) is 94.1 Å². The van der Waals surface area contributed by atoms with Crippen molar-refractivity contribution in [1.29, 1.82) is 0 Å². The van der Waals surface area contributed by atoms with E-state index in [-0.39, 0.29) is 5.69 Å². The number of nitrogens with zero attached hydrogens (tertiary/aromatic N) is 3. The molecule has 7 nitrogen and oxygen atoms in total. The molecule has 1 saturated carbocycles. The van der Waals surface area contributed by atoms with Crippen molar-refractivity contribution in [1.82, 2.24) is 15.5 Å². The third-order valence-electron chi connectivity index (χ3n) is 3.24. The molecule has 1 fully saturated rings. The number of aryl methyl sites for hydroxylation is 1. The number of benzene rings is 1. The molecular weight excluding hydrogens is 260 g/mol. The quantitative estimate of drug-likeness (QED) is 0.663. The van der Waals surface area contributed by atoms with Gasteiger partial charge in [0.2, 0.25) is 11.8 Å². The molecule has 1 N–H and O–H groups in total. The monoisotopic (exact) mass is 274 g/mol. The highest BCUT2D eigenvalue weighted by molar-refractivity contribution is 5.60. The Morgan fingerprint density at radius 2 is 2.25 bits per heavy atom. The number of nitrogens with one attached hydrogen (secondary N) is 1. The van der Waals surface area contributed by atoms with Crippen LogP contribution in [0, 0.1) is 17.0 Å². The second-order valence-corrected chi connectivity index (χ2v) is 4.91. The fourth-order valence-electron chi connectivity index (χ4n) is 1.95. The summed E-state index contributed by atoms with van der Waals surface area (Å²) in [7, 11) is 0. The van der Waals surface area contributed by atoms with Crippen molar-refractivity contribution in [2.24, 2.45) is 0 Å². The van der Waals surface area contributed by atoms with Gasteiger partial charge in [0.25, 0.3) is 5.69 Å². The zero-order valence-corrected chi connectivity index (χ0v) is 11.0. The van der Waals surface area contributed by atoms with Crippen molar-refractivity contribution in [2.45, 2.75) is 32.4 Å². The largest absolute Gasteiger partial charge is 0.419 e. The highest BCUT2D eigenvalue weighted by Crippen LogP contribution is 2.26. The first-order chi connectivity index (χ1) is 9.63. The van der Waals surface area contributed by atoms with Gasteiger partial charge < -0.3 is 9.73 Å². The van der Waals surface area contributed by atoms with Crippen molar-refractivity contribution in [2.75, 3.05) is 0 Å². The van der Waals surface area contributed by atoms with Crippen LogP contribution in [0.3, 0.4) is 0 Å². The molecule has 0 saturated heterocycles. The number of nitro groups is 1.